The number of nitrogens with zero attached hydrogens (tertiary/aromatic N) is 5. The molecule has 0 spiro atoms. The number of hydrogen-bond donors (Lipinski definition) is 3. The number of aromatic nitrogens is 3. The lowest BCUT2D eigenvalue weighted by Crippen LogP contribution is -2.47. The molecule has 2 aliphatic rings. The van der Waals surface area contributed by atoms with Gasteiger partial charge in [0.05, 0.1) is 40.8 Å². The number of rotatable bonds is 12. The second-order valence-electron chi connectivity index (χ2n) is 14.2. The lowest BCUT2D eigenvalue weighted by Gasteiger charge is -2.38. The molecule has 3 N–H and O–H groups in total. The first-order chi connectivity index (χ1) is 25.3. The molecule has 5 heterocycles. The number of hydrogen-bond acceptors (Lipinski definition) is 10. The Morgan fingerprint density at radius 1 is 1.08 bits per heavy atom. The van der Waals surface area contributed by atoms with Crippen molar-refractivity contribution in [1.82, 2.24) is 30.1 Å². The van der Waals surface area contributed by atoms with Crippen molar-refractivity contribution < 1.29 is 28.6 Å². The molecule has 1 aromatic carbocycles. The minimum absolute atomic E-state index is 0.0307. The van der Waals surface area contributed by atoms with E-state index in [1.54, 1.807) is 74.5 Å². The van der Waals surface area contributed by atoms with Crippen LogP contribution in [0, 0.1) is 11.7 Å². The largest absolute Gasteiger partial charge is 0.481 e. The van der Waals surface area contributed by atoms with Gasteiger partial charge >= 0.3 is 6.09 Å². The number of anilines is 2. The predicted octanol–water partition coefficient (Wildman–Crippen LogP) is 6.84. The summed E-state index contributed by atoms with van der Waals surface area (Å²) in [4.78, 5) is 42.2. The summed E-state index contributed by atoms with van der Waals surface area (Å²) in [5.74, 6) is -0.00118. The van der Waals surface area contributed by atoms with E-state index < -0.39 is 17.5 Å². The number of ether oxygens (including phenoxy) is 2. The molecule has 0 aliphatic carbocycles. The summed E-state index contributed by atoms with van der Waals surface area (Å²) >= 11 is 13.9. The molecule has 15 heteroatoms. The van der Waals surface area contributed by atoms with E-state index in [0.717, 1.165) is 0 Å². The van der Waals surface area contributed by atoms with Crippen LogP contribution in [-0.2, 0) is 22.6 Å². The fourth-order valence-corrected chi connectivity index (χ4v) is 6.93. The number of benzene rings is 1. The molecule has 6 rings (SSSR count). The Labute approximate surface area is 317 Å². The molecule has 53 heavy (non-hydrogen) atoms. The summed E-state index contributed by atoms with van der Waals surface area (Å²) in [6.07, 6.45) is 3.64. The van der Waals surface area contributed by atoms with Gasteiger partial charge in [0, 0.05) is 85.8 Å². The molecule has 0 radical (unpaired) electrons. The normalized spacial score (nSPS) is 16.2. The third kappa shape index (κ3) is 8.98. The maximum absolute atomic E-state index is 15.6. The van der Waals surface area contributed by atoms with Crippen LogP contribution >= 0.6 is 23.2 Å². The molecule has 2 aliphatic heterocycles. The van der Waals surface area contributed by atoms with Crippen LogP contribution < -0.4 is 15.4 Å². The van der Waals surface area contributed by atoms with E-state index in [2.05, 4.69) is 25.5 Å². The van der Waals surface area contributed by atoms with Gasteiger partial charge in [-0.05, 0) is 57.5 Å². The Morgan fingerprint density at radius 2 is 1.85 bits per heavy atom. The first-order valence-corrected chi connectivity index (χ1v) is 18.1. The van der Waals surface area contributed by atoms with Gasteiger partial charge in [-0.15, -0.1) is 0 Å². The number of likely N-dealkylation sites (tertiary alicyclic amines) is 1. The molecular formula is C38H42Cl2FN7O5. The second-order valence-corrected chi connectivity index (χ2v) is 15.0. The number of halogens is 3. The van der Waals surface area contributed by atoms with Gasteiger partial charge in [0.1, 0.15) is 5.60 Å². The van der Waals surface area contributed by atoms with E-state index in [9.17, 15) is 14.7 Å². The first kappa shape index (κ1) is 38.2. The fraction of sp³-hybridized carbons (Fsp3) is 0.395. The number of carbonyl (C=O) groups excluding carboxylic acids is 2. The van der Waals surface area contributed by atoms with Crippen LogP contribution in [0.1, 0.15) is 44.7 Å². The van der Waals surface area contributed by atoms with Crippen molar-refractivity contribution in [3.63, 3.8) is 0 Å². The zero-order chi connectivity index (χ0) is 37.9. The van der Waals surface area contributed by atoms with E-state index in [1.807, 2.05) is 6.07 Å². The SMILES string of the molecule is COc1nc(-c2ccnc(-c3cccc(Nc4nccc(CN5CC(CO)C5)c4F)c3Cl)c2Cl)ccc1CN(C[C@@H]1CCC(=O)N1)C(=O)OC(C)(C)C. The average Bonchev–Trinajstić information content (AvgIpc) is 3.52. The Bertz CT molecular complexity index is 1990. The second kappa shape index (κ2) is 16.2. The number of methoxy groups -OCH3 is 1. The third-order valence-electron chi connectivity index (χ3n) is 9.00. The Morgan fingerprint density at radius 3 is 2.55 bits per heavy atom. The van der Waals surface area contributed by atoms with Gasteiger partial charge in [0.25, 0.3) is 0 Å². The van der Waals surface area contributed by atoms with Crippen LogP contribution in [0.15, 0.2) is 54.9 Å². The van der Waals surface area contributed by atoms with Gasteiger partial charge in [-0.2, -0.15) is 0 Å². The highest BCUT2D eigenvalue weighted by atomic mass is 35.5. The zero-order valence-corrected chi connectivity index (χ0v) is 31.5. The Kier molecular flexibility index (Phi) is 11.7. The number of aliphatic hydroxyl groups excluding tert-OH is 1. The van der Waals surface area contributed by atoms with Crippen molar-refractivity contribution in [1.29, 1.82) is 0 Å². The van der Waals surface area contributed by atoms with E-state index >= 15 is 4.39 Å². The zero-order valence-electron chi connectivity index (χ0n) is 30.0. The molecule has 1 atom stereocenters. The third-order valence-corrected chi connectivity index (χ3v) is 9.79. The molecule has 280 valence electrons. The highest BCUT2D eigenvalue weighted by Crippen LogP contribution is 2.41. The predicted molar refractivity (Wildman–Crippen MR) is 201 cm³/mol. The van der Waals surface area contributed by atoms with Crippen LogP contribution in [0.2, 0.25) is 10.0 Å². The van der Waals surface area contributed by atoms with Gasteiger partial charge in [-0.1, -0.05) is 35.3 Å². The van der Waals surface area contributed by atoms with Crippen molar-refractivity contribution >= 4 is 46.7 Å². The molecule has 2 saturated heterocycles. The number of carbonyl (C=O) groups is 2. The molecule has 4 aromatic rings. The summed E-state index contributed by atoms with van der Waals surface area (Å²) in [5, 5.41) is 15.8. The molecule has 12 nitrogen and oxygen atoms in total. The number of nitrogens with one attached hydrogen (secondary N) is 2. The maximum atomic E-state index is 15.6. The van der Waals surface area contributed by atoms with Gasteiger partial charge in [-0.3, -0.25) is 14.7 Å². The molecule has 2 fully saturated rings. The lowest BCUT2D eigenvalue weighted by molar-refractivity contribution is -0.119. The van der Waals surface area contributed by atoms with Crippen molar-refractivity contribution in [2.75, 3.05) is 38.7 Å². The molecule has 0 unspecified atom stereocenters. The first-order valence-electron chi connectivity index (χ1n) is 17.3. The van der Waals surface area contributed by atoms with Crippen LogP contribution in [-0.4, -0.2) is 86.9 Å². The summed E-state index contributed by atoms with van der Waals surface area (Å²) < 4.78 is 26.9. The van der Waals surface area contributed by atoms with Crippen LogP contribution in [0.25, 0.3) is 22.5 Å². The Hall–Kier alpha value is -4.56. The van der Waals surface area contributed by atoms with E-state index in [-0.39, 0.29) is 59.3 Å². The maximum Gasteiger partial charge on any atom is 0.410 e. The van der Waals surface area contributed by atoms with Crippen LogP contribution in [0.4, 0.5) is 20.7 Å². The van der Waals surface area contributed by atoms with Crippen LogP contribution in [0.3, 0.4) is 0 Å². The van der Waals surface area contributed by atoms with Crippen molar-refractivity contribution in [3.05, 3.63) is 81.8 Å². The molecule has 0 saturated carbocycles. The van der Waals surface area contributed by atoms with Gasteiger partial charge in [0.15, 0.2) is 11.6 Å². The smallest absolute Gasteiger partial charge is 0.410 e. The van der Waals surface area contributed by atoms with Gasteiger partial charge < -0.3 is 30.1 Å². The van der Waals surface area contributed by atoms with Crippen molar-refractivity contribution in [2.24, 2.45) is 5.92 Å². The number of aliphatic hydroxyl groups is 1. The van der Waals surface area contributed by atoms with Crippen molar-refractivity contribution in [2.45, 2.75) is 58.3 Å². The van der Waals surface area contributed by atoms with Gasteiger partial charge in [-0.25, -0.2) is 19.2 Å². The minimum atomic E-state index is -0.716. The number of amides is 2. The summed E-state index contributed by atoms with van der Waals surface area (Å²) in [6.45, 7) is 7.73. The highest BCUT2D eigenvalue weighted by Gasteiger charge is 2.30. The van der Waals surface area contributed by atoms with E-state index in [0.29, 0.717) is 71.8 Å². The standard InChI is InChI=1S/C38H42Cl2FN7O5/c1-38(2,3)53-37(51)48(20-25-9-11-30(50)44-25)19-24-8-10-28(46-36(24)52-4)26-13-15-42-34(32(26)40)27-6-5-7-29(31(27)39)45-35-33(41)23(12-14-43-35)18-47-16-22(17-47)21-49/h5-8,10,12-15,22,25,49H,9,11,16-21H2,1-4H3,(H,43,45)(H,44,50)/t25-/m0/s1. The molecule has 2 amide bonds. The summed E-state index contributed by atoms with van der Waals surface area (Å²) in [5.41, 5.74) is 2.75. The monoisotopic (exact) mass is 765 g/mol. The summed E-state index contributed by atoms with van der Waals surface area (Å²) in [7, 11) is 1.49. The average molecular weight is 767 g/mol. The number of pyridine rings is 3. The minimum Gasteiger partial charge on any atom is -0.481 e. The van der Waals surface area contributed by atoms with Crippen LogP contribution in [0.5, 0.6) is 5.88 Å². The van der Waals surface area contributed by atoms with Gasteiger partial charge in [0.2, 0.25) is 11.8 Å². The quantitative estimate of drug-likeness (QED) is 0.140. The summed E-state index contributed by atoms with van der Waals surface area (Å²) in [6, 6.07) is 12.0. The highest BCUT2D eigenvalue weighted by molar-refractivity contribution is 6.39. The van der Waals surface area contributed by atoms with E-state index in [1.165, 1.54) is 7.11 Å². The molecular weight excluding hydrogens is 724 g/mol. The van der Waals surface area contributed by atoms with E-state index in [4.69, 9.17) is 37.7 Å². The molecule has 0 bridgehead atoms. The Balaban J connectivity index is 1.24. The topological polar surface area (TPSA) is 142 Å². The lowest BCUT2D eigenvalue weighted by atomic mass is 10.0. The molecule has 3 aromatic heterocycles. The van der Waals surface area contributed by atoms with Crippen molar-refractivity contribution in [3.8, 4) is 28.4 Å². The fourth-order valence-electron chi connectivity index (χ4n) is 6.36.